The molecule has 0 aliphatic carbocycles. The van der Waals surface area contributed by atoms with Crippen LogP contribution < -0.4 is 10.6 Å². The van der Waals surface area contributed by atoms with Gasteiger partial charge in [-0.15, -0.1) is 0 Å². The van der Waals surface area contributed by atoms with Gasteiger partial charge in [0.05, 0.1) is 6.54 Å². The molecule has 166 valence electrons. The van der Waals surface area contributed by atoms with Crippen LogP contribution in [0.15, 0.2) is 29.3 Å². The largest absolute Gasteiger partial charge is 0.357 e. The number of nitrogens with zero attached hydrogens (tertiary/aromatic N) is 3. The molecule has 0 aromatic heterocycles. The fourth-order valence-corrected chi connectivity index (χ4v) is 4.49. The highest BCUT2D eigenvalue weighted by molar-refractivity contribution is 5.81. The first-order valence-corrected chi connectivity index (χ1v) is 11.7. The van der Waals surface area contributed by atoms with Crippen molar-refractivity contribution in [2.75, 3.05) is 32.7 Å². The first-order valence-electron chi connectivity index (χ1n) is 11.7. The number of aliphatic imine (C=N–C) groups is 1. The van der Waals surface area contributed by atoms with E-state index in [9.17, 15) is 4.79 Å². The average Bonchev–Trinajstić information content (AvgIpc) is 3.21. The van der Waals surface area contributed by atoms with Crippen molar-refractivity contribution in [1.82, 2.24) is 20.4 Å². The Morgan fingerprint density at radius 3 is 2.67 bits per heavy atom. The van der Waals surface area contributed by atoms with Crippen LogP contribution in [0.5, 0.6) is 0 Å². The molecule has 0 spiro atoms. The Morgan fingerprint density at radius 2 is 1.97 bits per heavy atom. The van der Waals surface area contributed by atoms with Crippen LogP contribution in [0.25, 0.3) is 0 Å². The summed E-state index contributed by atoms with van der Waals surface area (Å²) in [6.07, 6.45) is 3.19. The normalized spacial score (nSPS) is 20.9. The molecule has 6 nitrogen and oxygen atoms in total. The van der Waals surface area contributed by atoms with Crippen molar-refractivity contribution in [2.24, 2.45) is 10.9 Å². The third-order valence-electron chi connectivity index (χ3n) is 6.29. The molecule has 3 rings (SSSR count). The smallest absolute Gasteiger partial charge is 0.225 e. The second-order valence-electron chi connectivity index (χ2n) is 8.84. The molecule has 1 fully saturated rings. The summed E-state index contributed by atoms with van der Waals surface area (Å²) in [5.41, 5.74) is 2.95. The molecule has 1 aromatic carbocycles. The van der Waals surface area contributed by atoms with Gasteiger partial charge in [0.1, 0.15) is 0 Å². The number of benzene rings is 1. The molecule has 1 aromatic rings. The lowest BCUT2D eigenvalue weighted by molar-refractivity contribution is -0.133. The summed E-state index contributed by atoms with van der Waals surface area (Å²) in [5, 5.41) is 6.96. The maximum atomic E-state index is 12.3. The number of guanidine groups is 1. The van der Waals surface area contributed by atoms with Crippen LogP contribution in [0, 0.1) is 5.92 Å². The van der Waals surface area contributed by atoms with Crippen molar-refractivity contribution in [2.45, 2.75) is 65.6 Å². The second-order valence-corrected chi connectivity index (χ2v) is 8.84. The van der Waals surface area contributed by atoms with Gasteiger partial charge in [-0.3, -0.25) is 14.7 Å². The Morgan fingerprint density at radius 1 is 1.20 bits per heavy atom. The third kappa shape index (κ3) is 5.75. The number of hydrogen-bond donors (Lipinski definition) is 2. The van der Waals surface area contributed by atoms with Crippen LogP contribution in [-0.2, 0) is 17.8 Å². The molecule has 0 radical (unpaired) electrons. The Balaban J connectivity index is 1.57. The van der Waals surface area contributed by atoms with Crippen molar-refractivity contribution >= 4 is 11.9 Å². The van der Waals surface area contributed by atoms with E-state index in [4.69, 9.17) is 4.99 Å². The lowest BCUT2D eigenvalue weighted by Gasteiger charge is -2.34. The van der Waals surface area contributed by atoms with Gasteiger partial charge in [0.25, 0.3) is 0 Å². The molecule has 2 aliphatic heterocycles. The van der Waals surface area contributed by atoms with Crippen LogP contribution in [0.2, 0.25) is 0 Å². The summed E-state index contributed by atoms with van der Waals surface area (Å²) in [6.45, 7) is 13.6. The van der Waals surface area contributed by atoms with Gasteiger partial charge in [0.15, 0.2) is 5.96 Å². The second kappa shape index (κ2) is 10.8. The minimum atomic E-state index is 0.0608. The predicted molar refractivity (Wildman–Crippen MR) is 124 cm³/mol. The highest BCUT2D eigenvalue weighted by Gasteiger charge is 2.28. The number of carbonyl (C=O) groups is 1. The van der Waals surface area contributed by atoms with Gasteiger partial charge >= 0.3 is 0 Å². The van der Waals surface area contributed by atoms with Gasteiger partial charge < -0.3 is 15.5 Å². The molecule has 30 heavy (non-hydrogen) atoms. The minimum Gasteiger partial charge on any atom is -0.357 e. The summed E-state index contributed by atoms with van der Waals surface area (Å²) in [6, 6.07) is 9.51. The zero-order valence-corrected chi connectivity index (χ0v) is 19.2. The van der Waals surface area contributed by atoms with E-state index in [0.717, 1.165) is 64.5 Å². The number of hydrogen-bond acceptors (Lipinski definition) is 3. The van der Waals surface area contributed by atoms with E-state index in [1.807, 2.05) is 18.7 Å². The Labute approximate surface area is 182 Å². The van der Waals surface area contributed by atoms with Crippen LogP contribution in [0.4, 0.5) is 0 Å². The Kier molecular flexibility index (Phi) is 8.14. The summed E-state index contributed by atoms with van der Waals surface area (Å²) < 4.78 is 0. The van der Waals surface area contributed by atoms with Crippen LogP contribution in [0.3, 0.4) is 0 Å². The van der Waals surface area contributed by atoms with Gasteiger partial charge in [-0.2, -0.15) is 0 Å². The van der Waals surface area contributed by atoms with Crippen molar-refractivity contribution in [3.63, 3.8) is 0 Å². The maximum Gasteiger partial charge on any atom is 0.225 e. The zero-order valence-electron chi connectivity index (χ0n) is 19.2. The highest BCUT2D eigenvalue weighted by Crippen LogP contribution is 2.21. The van der Waals surface area contributed by atoms with Gasteiger partial charge in [-0.1, -0.05) is 45.0 Å². The standard InChI is InChI=1S/C24H39N5O/c1-5-22(28-13-11-19-9-7-8-10-20(19)16-28)15-26-24(25-6-2)27-21-12-14-29(17-21)23(30)18(3)4/h7-10,18,21-22H,5-6,11-17H2,1-4H3,(H2,25,26,27). The number of fused-ring (bicyclic) bond motifs is 1. The van der Waals surface area contributed by atoms with E-state index in [1.165, 1.54) is 11.1 Å². The summed E-state index contributed by atoms with van der Waals surface area (Å²) >= 11 is 0. The number of likely N-dealkylation sites (tertiary alicyclic amines) is 1. The molecule has 1 amide bonds. The summed E-state index contributed by atoms with van der Waals surface area (Å²) in [4.78, 5) is 21.8. The molecule has 2 unspecified atom stereocenters. The van der Waals surface area contributed by atoms with Gasteiger partial charge in [-0.25, -0.2) is 0 Å². The van der Waals surface area contributed by atoms with Crippen molar-refractivity contribution < 1.29 is 4.79 Å². The number of carbonyl (C=O) groups excluding carboxylic acids is 1. The van der Waals surface area contributed by atoms with E-state index in [2.05, 4.69) is 53.6 Å². The molecule has 2 atom stereocenters. The quantitative estimate of drug-likeness (QED) is 0.533. The zero-order chi connectivity index (χ0) is 21.5. The minimum absolute atomic E-state index is 0.0608. The van der Waals surface area contributed by atoms with Crippen LogP contribution in [0.1, 0.15) is 51.7 Å². The number of amides is 1. The van der Waals surface area contributed by atoms with Crippen LogP contribution >= 0.6 is 0 Å². The highest BCUT2D eigenvalue weighted by atomic mass is 16.2. The van der Waals surface area contributed by atoms with Gasteiger partial charge in [0, 0.05) is 50.7 Å². The van der Waals surface area contributed by atoms with Crippen molar-refractivity contribution in [3.05, 3.63) is 35.4 Å². The fourth-order valence-electron chi connectivity index (χ4n) is 4.49. The molecular weight excluding hydrogens is 374 g/mol. The Bertz CT molecular complexity index is 732. The van der Waals surface area contributed by atoms with E-state index < -0.39 is 0 Å². The maximum absolute atomic E-state index is 12.3. The first-order chi connectivity index (χ1) is 14.5. The fraction of sp³-hybridized carbons (Fsp3) is 0.667. The van der Waals surface area contributed by atoms with Crippen molar-refractivity contribution in [3.8, 4) is 0 Å². The third-order valence-corrected chi connectivity index (χ3v) is 6.29. The van der Waals surface area contributed by atoms with E-state index in [1.54, 1.807) is 0 Å². The molecule has 1 saturated heterocycles. The van der Waals surface area contributed by atoms with E-state index in [-0.39, 0.29) is 17.9 Å². The molecule has 0 bridgehead atoms. The first kappa shape index (κ1) is 22.6. The topological polar surface area (TPSA) is 60.0 Å². The van der Waals surface area contributed by atoms with E-state index in [0.29, 0.717) is 6.04 Å². The Hall–Kier alpha value is -2.08. The average molecular weight is 414 g/mol. The molecule has 2 N–H and O–H groups in total. The molecular formula is C24H39N5O. The molecule has 0 saturated carbocycles. The molecule has 2 heterocycles. The predicted octanol–water partition coefficient (Wildman–Crippen LogP) is 2.64. The number of rotatable bonds is 7. The van der Waals surface area contributed by atoms with E-state index >= 15 is 0 Å². The SMILES string of the molecule is CCNC(=NCC(CC)N1CCc2ccccc2C1)NC1CCN(C(=O)C(C)C)C1. The monoisotopic (exact) mass is 413 g/mol. The van der Waals surface area contributed by atoms with Gasteiger partial charge in [-0.05, 0) is 37.3 Å². The lowest BCUT2D eigenvalue weighted by Crippen LogP contribution is -2.46. The van der Waals surface area contributed by atoms with Gasteiger partial charge in [0.2, 0.25) is 5.91 Å². The summed E-state index contributed by atoms with van der Waals surface area (Å²) in [5.74, 6) is 1.18. The number of nitrogens with one attached hydrogen (secondary N) is 2. The molecule has 6 heteroatoms. The van der Waals surface area contributed by atoms with Crippen molar-refractivity contribution in [1.29, 1.82) is 0 Å². The molecule has 2 aliphatic rings. The lowest BCUT2D eigenvalue weighted by atomic mass is 9.98. The summed E-state index contributed by atoms with van der Waals surface area (Å²) in [7, 11) is 0. The van der Waals surface area contributed by atoms with Crippen LogP contribution in [-0.4, -0.2) is 66.5 Å².